The summed E-state index contributed by atoms with van der Waals surface area (Å²) < 4.78 is 15.8. The van der Waals surface area contributed by atoms with E-state index >= 15 is 0 Å². The van der Waals surface area contributed by atoms with E-state index in [2.05, 4.69) is 10.1 Å². The molecule has 1 aromatic rings. The summed E-state index contributed by atoms with van der Waals surface area (Å²) in [6.07, 6.45) is -1.26. The summed E-state index contributed by atoms with van der Waals surface area (Å²) in [6, 6.07) is 6.39. The van der Waals surface area contributed by atoms with E-state index in [1.54, 1.807) is 32.0 Å². The van der Waals surface area contributed by atoms with E-state index in [1.807, 2.05) is 6.07 Å². The maximum atomic E-state index is 12.1. The quantitative estimate of drug-likeness (QED) is 0.832. The second-order valence-electron chi connectivity index (χ2n) is 4.56. The fraction of sp³-hybridized carbons (Fsp3) is 0.429. The molecule has 108 valence electrons. The molecule has 1 N–H and O–H groups in total. The lowest BCUT2D eigenvalue weighted by molar-refractivity contribution is -0.146. The second kappa shape index (κ2) is 5.81. The lowest BCUT2D eigenvalue weighted by Gasteiger charge is -2.31. The minimum absolute atomic E-state index is 0.412. The number of amides is 1. The number of rotatable bonds is 3. The van der Waals surface area contributed by atoms with Crippen LogP contribution in [0.5, 0.6) is 11.5 Å². The molecule has 1 aromatic carbocycles. The van der Waals surface area contributed by atoms with Crippen LogP contribution in [-0.4, -0.2) is 37.2 Å². The molecule has 0 fully saturated rings. The lowest BCUT2D eigenvalue weighted by Crippen LogP contribution is -2.52. The Kier molecular flexibility index (Phi) is 4.12. The van der Waals surface area contributed by atoms with Gasteiger partial charge in [-0.3, -0.25) is 4.79 Å². The first-order valence-corrected chi connectivity index (χ1v) is 6.33. The number of fused-ring (bicyclic) bond motifs is 1. The van der Waals surface area contributed by atoms with Crippen LogP contribution in [-0.2, 0) is 14.3 Å². The summed E-state index contributed by atoms with van der Waals surface area (Å²) >= 11 is 0. The molecule has 1 aliphatic heterocycles. The molecule has 0 spiro atoms. The van der Waals surface area contributed by atoms with Crippen LogP contribution in [0.25, 0.3) is 0 Å². The van der Waals surface area contributed by atoms with E-state index in [0.29, 0.717) is 11.5 Å². The van der Waals surface area contributed by atoms with E-state index < -0.39 is 30.1 Å². The molecule has 0 saturated carbocycles. The molecular weight excluding hydrogens is 262 g/mol. The molecule has 0 aliphatic carbocycles. The number of methoxy groups -OCH3 is 1. The lowest BCUT2D eigenvalue weighted by atomic mass is 10.1. The molecule has 0 saturated heterocycles. The summed E-state index contributed by atoms with van der Waals surface area (Å²) in [5.41, 5.74) is 0. The third-order valence-electron chi connectivity index (χ3n) is 3.01. The van der Waals surface area contributed by atoms with Gasteiger partial charge >= 0.3 is 5.97 Å². The minimum Gasteiger partial charge on any atom is -0.482 e. The summed E-state index contributed by atoms with van der Waals surface area (Å²) in [4.78, 5) is 23.4. The van der Waals surface area contributed by atoms with Crippen LogP contribution in [0, 0.1) is 0 Å². The van der Waals surface area contributed by atoms with Gasteiger partial charge in [0.05, 0.1) is 7.11 Å². The van der Waals surface area contributed by atoms with Crippen LogP contribution in [0.3, 0.4) is 0 Å². The van der Waals surface area contributed by atoms with Crippen molar-refractivity contribution in [2.75, 3.05) is 7.11 Å². The average molecular weight is 279 g/mol. The van der Waals surface area contributed by atoms with Gasteiger partial charge in [0, 0.05) is 0 Å². The molecule has 3 unspecified atom stereocenters. The van der Waals surface area contributed by atoms with E-state index in [4.69, 9.17) is 9.47 Å². The van der Waals surface area contributed by atoms with Crippen LogP contribution < -0.4 is 14.8 Å². The van der Waals surface area contributed by atoms with Crippen molar-refractivity contribution in [3.05, 3.63) is 24.3 Å². The maximum Gasteiger partial charge on any atom is 0.328 e. The van der Waals surface area contributed by atoms with Gasteiger partial charge in [-0.15, -0.1) is 0 Å². The standard InChI is InChI=1S/C14H17NO5/c1-8(14(17)18-3)15-13(16)12-9(2)19-10-6-4-5-7-11(10)20-12/h4-9,12H,1-3H3,(H,15,16). The van der Waals surface area contributed by atoms with Crippen LogP contribution in [0.1, 0.15) is 13.8 Å². The molecule has 1 heterocycles. The summed E-state index contributed by atoms with van der Waals surface area (Å²) in [6.45, 7) is 3.29. The topological polar surface area (TPSA) is 73.9 Å². The molecule has 6 heteroatoms. The highest BCUT2D eigenvalue weighted by molar-refractivity contribution is 5.87. The third kappa shape index (κ3) is 2.84. The first-order valence-electron chi connectivity index (χ1n) is 6.33. The highest BCUT2D eigenvalue weighted by Gasteiger charge is 2.35. The van der Waals surface area contributed by atoms with E-state index in [-0.39, 0.29) is 0 Å². The Morgan fingerprint density at radius 3 is 2.45 bits per heavy atom. The molecule has 0 bridgehead atoms. The maximum absolute atomic E-state index is 12.1. The summed E-state index contributed by atoms with van der Waals surface area (Å²) in [5, 5.41) is 2.54. The number of ether oxygens (including phenoxy) is 3. The average Bonchev–Trinajstić information content (AvgIpc) is 2.45. The smallest absolute Gasteiger partial charge is 0.328 e. The Hall–Kier alpha value is -2.24. The van der Waals surface area contributed by atoms with Crippen molar-refractivity contribution in [3.8, 4) is 11.5 Å². The van der Waals surface area contributed by atoms with Gasteiger partial charge < -0.3 is 19.5 Å². The molecule has 1 aliphatic rings. The van der Waals surface area contributed by atoms with Crippen molar-refractivity contribution in [1.82, 2.24) is 5.32 Å². The predicted octanol–water partition coefficient (Wildman–Crippen LogP) is 0.893. The fourth-order valence-corrected chi connectivity index (χ4v) is 1.94. The zero-order chi connectivity index (χ0) is 14.7. The van der Waals surface area contributed by atoms with Gasteiger partial charge in [-0.05, 0) is 26.0 Å². The van der Waals surface area contributed by atoms with E-state index in [1.165, 1.54) is 7.11 Å². The zero-order valence-corrected chi connectivity index (χ0v) is 11.6. The molecule has 3 atom stereocenters. The van der Waals surface area contributed by atoms with Crippen LogP contribution in [0.15, 0.2) is 24.3 Å². The minimum atomic E-state index is -0.808. The van der Waals surface area contributed by atoms with Gasteiger partial charge in [-0.2, -0.15) is 0 Å². The highest BCUT2D eigenvalue weighted by Crippen LogP contribution is 2.33. The van der Waals surface area contributed by atoms with Gasteiger partial charge in [0.25, 0.3) is 5.91 Å². The van der Waals surface area contributed by atoms with Crippen molar-refractivity contribution in [3.63, 3.8) is 0 Å². The zero-order valence-electron chi connectivity index (χ0n) is 11.6. The number of benzene rings is 1. The number of carbonyl (C=O) groups is 2. The molecule has 0 radical (unpaired) electrons. The normalized spacial score (nSPS) is 21.8. The largest absolute Gasteiger partial charge is 0.482 e. The number of carbonyl (C=O) groups excluding carboxylic acids is 2. The highest BCUT2D eigenvalue weighted by atomic mass is 16.6. The first-order chi connectivity index (χ1) is 9.52. The Labute approximate surface area is 117 Å². The van der Waals surface area contributed by atoms with Crippen LogP contribution in [0.4, 0.5) is 0 Å². The SMILES string of the molecule is COC(=O)C(C)NC(=O)C1Oc2ccccc2OC1C. The van der Waals surface area contributed by atoms with E-state index in [9.17, 15) is 9.59 Å². The Bertz CT molecular complexity index is 516. The van der Waals surface area contributed by atoms with Crippen molar-refractivity contribution in [1.29, 1.82) is 0 Å². The number of hydrogen-bond donors (Lipinski definition) is 1. The fourth-order valence-electron chi connectivity index (χ4n) is 1.94. The number of esters is 1. The van der Waals surface area contributed by atoms with Crippen molar-refractivity contribution in [2.45, 2.75) is 32.1 Å². The van der Waals surface area contributed by atoms with Crippen molar-refractivity contribution >= 4 is 11.9 Å². The molecule has 20 heavy (non-hydrogen) atoms. The monoisotopic (exact) mass is 279 g/mol. The van der Waals surface area contributed by atoms with Gasteiger partial charge in [-0.1, -0.05) is 12.1 Å². The van der Waals surface area contributed by atoms with E-state index in [0.717, 1.165) is 0 Å². The van der Waals surface area contributed by atoms with Crippen molar-refractivity contribution < 1.29 is 23.8 Å². The van der Waals surface area contributed by atoms with Crippen LogP contribution in [0.2, 0.25) is 0 Å². The third-order valence-corrected chi connectivity index (χ3v) is 3.01. The van der Waals surface area contributed by atoms with Crippen molar-refractivity contribution in [2.24, 2.45) is 0 Å². The van der Waals surface area contributed by atoms with Gasteiger partial charge in [0.1, 0.15) is 12.1 Å². The predicted molar refractivity (Wildman–Crippen MR) is 70.6 cm³/mol. The Balaban J connectivity index is 2.06. The molecule has 2 rings (SSSR count). The van der Waals surface area contributed by atoms with Gasteiger partial charge in [-0.25, -0.2) is 4.79 Å². The van der Waals surface area contributed by atoms with Gasteiger partial charge in [0.2, 0.25) is 6.10 Å². The van der Waals surface area contributed by atoms with Gasteiger partial charge in [0.15, 0.2) is 11.5 Å². The molecule has 0 aromatic heterocycles. The second-order valence-corrected chi connectivity index (χ2v) is 4.56. The Morgan fingerprint density at radius 1 is 1.25 bits per heavy atom. The molecular formula is C14H17NO5. The molecule has 6 nitrogen and oxygen atoms in total. The summed E-state index contributed by atoms with van der Waals surface area (Å²) in [7, 11) is 1.27. The number of para-hydroxylation sites is 2. The number of nitrogens with one attached hydrogen (secondary N) is 1. The first kappa shape index (κ1) is 14.2. The summed E-state index contributed by atoms with van der Waals surface area (Å²) in [5.74, 6) is 0.189. The number of hydrogen-bond acceptors (Lipinski definition) is 5. The molecule has 1 amide bonds. The van der Waals surface area contributed by atoms with Crippen LogP contribution >= 0.6 is 0 Å². The Morgan fingerprint density at radius 2 is 1.85 bits per heavy atom.